The fraction of sp³-hybridized carbons (Fsp3) is 0.286. The molecule has 0 saturated carbocycles. The van der Waals surface area contributed by atoms with Gasteiger partial charge in [-0.15, -0.1) is 0 Å². The molecule has 0 aliphatic heterocycles. The molecule has 1 aromatic heterocycles. The lowest BCUT2D eigenvalue weighted by atomic mass is 10.1. The monoisotopic (exact) mass is 458 g/mol. The second kappa shape index (κ2) is 10.6. The number of rotatable bonds is 9. The van der Waals surface area contributed by atoms with Crippen LogP contribution in [0, 0.1) is 13.8 Å². The Labute approximate surface area is 199 Å². The Bertz CT molecular complexity index is 1190. The van der Waals surface area contributed by atoms with E-state index in [1.165, 1.54) is 11.1 Å². The Morgan fingerprint density at radius 3 is 2.55 bits per heavy atom. The number of aromatic nitrogens is 1. The molecule has 4 nitrogen and oxygen atoms in total. The number of anilines is 1. The lowest BCUT2D eigenvalue weighted by molar-refractivity contribution is 0.0984. The van der Waals surface area contributed by atoms with Gasteiger partial charge in [-0.1, -0.05) is 67.5 Å². The van der Waals surface area contributed by atoms with Crippen LogP contribution in [0.2, 0.25) is 0 Å². The van der Waals surface area contributed by atoms with E-state index in [1.54, 1.807) is 16.2 Å². The second-order valence-corrected chi connectivity index (χ2v) is 9.37. The first-order chi connectivity index (χ1) is 16.0. The van der Waals surface area contributed by atoms with Crippen molar-refractivity contribution in [2.75, 3.05) is 11.5 Å². The maximum Gasteiger partial charge on any atom is 0.260 e. The molecule has 0 atom stereocenters. The average molecular weight is 459 g/mol. The van der Waals surface area contributed by atoms with Crippen molar-refractivity contribution < 1.29 is 9.53 Å². The van der Waals surface area contributed by atoms with Crippen LogP contribution in [0.5, 0.6) is 5.75 Å². The standard InChI is InChI=1S/C28H30N2O2S/c1-4-5-9-15-32-24-14-10-13-23(18-24)27(31)30(19-22-11-7-6-8-12-22)28-29-25-16-20(2)21(3)17-26(25)33-28/h6-8,10-14,16-18H,4-5,9,15,19H2,1-3H3. The quantitative estimate of drug-likeness (QED) is 0.247. The van der Waals surface area contributed by atoms with Crippen molar-refractivity contribution in [3.05, 3.63) is 89.0 Å². The van der Waals surface area contributed by atoms with Crippen LogP contribution in [0.1, 0.15) is 53.2 Å². The number of unbranched alkanes of at least 4 members (excludes halogenated alkanes) is 2. The first-order valence-corrected chi connectivity index (χ1v) is 12.3. The minimum Gasteiger partial charge on any atom is -0.494 e. The van der Waals surface area contributed by atoms with Gasteiger partial charge in [0.2, 0.25) is 0 Å². The van der Waals surface area contributed by atoms with Crippen LogP contribution in [0.4, 0.5) is 5.13 Å². The van der Waals surface area contributed by atoms with Gasteiger partial charge in [-0.05, 0) is 67.3 Å². The Balaban J connectivity index is 1.66. The molecular formula is C28H30N2O2S. The van der Waals surface area contributed by atoms with Gasteiger partial charge in [-0.3, -0.25) is 9.69 Å². The van der Waals surface area contributed by atoms with Crippen LogP contribution in [-0.4, -0.2) is 17.5 Å². The second-order valence-electron chi connectivity index (χ2n) is 8.36. The maximum absolute atomic E-state index is 13.7. The summed E-state index contributed by atoms with van der Waals surface area (Å²) in [6, 6.07) is 21.8. The zero-order chi connectivity index (χ0) is 23.2. The Morgan fingerprint density at radius 2 is 1.76 bits per heavy atom. The summed E-state index contributed by atoms with van der Waals surface area (Å²) in [5.74, 6) is 0.650. The lowest BCUT2D eigenvalue weighted by Gasteiger charge is -2.20. The molecule has 0 N–H and O–H groups in total. The third-order valence-corrected chi connectivity index (χ3v) is 6.79. The number of benzene rings is 3. The van der Waals surface area contributed by atoms with E-state index in [1.807, 2.05) is 54.6 Å². The number of nitrogens with zero attached hydrogens (tertiary/aromatic N) is 2. The maximum atomic E-state index is 13.7. The van der Waals surface area contributed by atoms with Crippen molar-refractivity contribution in [2.45, 2.75) is 46.6 Å². The van der Waals surface area contributed by atoms with Gasteiger partial charge in [0.25, 0.3) is 5.91 Å². The summed E-state index contributed by atoms with van der Waals surface area (Å²) >= 11 is 1.56. The molecule has 0 radical (unpaired) electrons. The highest BCUT2D eigenvalue weighted by molar-refractivity contribution is 7.22. The van der Waals surface area contributed by atoms with E-state index in [9.17, 15) is 4.79 Å². The first-order valence-electron chi connectivity index (χ1n) is 11.5. The van der Waals surface area contributed by atoms with Gasteiger partial charge in [0.05, 0.1) is 23.4 Å². The number of carbonyl (C=O) groups excluding carboxylic acids is 1. The van der Waals surface area contributed by atoms with Crippen molar-refractivity contribution >= 4 is 32.6 Å². The van der Waals surface area contributed by atoms with Crippen molar-refractivity contribution in [3.63, 3.8) is 0 Å². The Kier molecular flexibility index (Phi) is 7.40. The number of aryl methyl sites for hydroxylation is 2. The fourth-order valence-corrected chi connectivity index (χ4v) is 4.74. The molecule has 0 aliphatic rings. The molecule has 0 bridgehead atoms. The summed E-state index contributed by atoms with van der Waals surface area (Å²) in [5.41, 5.74) is 5.02. The van der Waals surface area contributed by atoms with Crippen LogP contribution in [0.15, 0.2) is 66.7 Å². The molecule has 4 aromatic rings. The summed E-state index contributed by atoms with van der Waals surface area (Å²) in [6.07, 6.45) is 3.30. The van der Waals surface area contributed by atoms with Crippen LogP contribution in [0.3, 0.4) is 0 Å². The molecule has 0 aliphatic carbocycles. The first kappa shape index (κ1) is 23.0. The molecule has 5 heteroatoms. The van der Waals surface area contributed by atoms with Crippen molar-refractivity contribution in [1.29, 1.82) is 0 Å². The highest BCUT2D eigenvalue weighted by atomic mass is 32.1. The Hall–Kier alpha value is -3.18. The zero-order valence-corrected chi connectivity index (χ0v) is 20.3. The number of hydrogen-bond donors (Lipinski definition) is 0. The summed E-state index contributed by atoms with van der Waals surface area (Å²) in [6.45, 7) is 7.49. The third kappa shape index (κ3) is 5.60. The molecule has 4 rings (SSSR count). The van der Waals surface area contributed by atoms with E-state index in [2.05, 4.69) is 32.9 Å². The molecule has 1 amide bonds. The summed E-state index contributed by atoms with van der Waals surface area (Å²) < 4.78 is 6.98. The molecule has 0 fully saturated rings. The number of ether oxygens (including phenoxy) is 1. The minimum absolute atomic E-state index is 0.0784. The van der Waals surface area contributed by atoms with E-state index in [4.69, 9.17) is 9.72 Å². The van der Waals surface area contributed by atoms with Gasteiger partial charge in [-0.2, -0.15) is 0 Å². The number of thiazole rings is 1. The third-order valence-electron chi connectivity index (χ3n) is 5.75. The van der Waals surface area contributed by atoms with Crippen molar-refractivity contribution in [2.24, 2.45) is 0 Å². The summed E-state index contributed by atoms with van der Waals surface area (Å²) in [4.78, 5) is 20.3. The fourth-order valence-electron chi connectivity index (χ4n) is 3.69. The highest BCUT2D eigenvalue weighted by Gasteiger charge is 2.22. The molecule has 1 heterocycles. The van der Waals surface area contributed by atoms with E-state index >= 15 is 0 Å². The largest absolute Gasteiger partial charge is 0.494 e. The van der Waals surface area contributed by atoms with Gasteiger partial charge in [0.15, 0.2) is 5.13 Å². The van der Waals surface area contributed by atoms with Gasteiger partial charge >= 0.3 is 0 Å². The van der Waals surface area contributed by atoms with Crippen LogP contribution >= 0.6 is 11.3 Å². The summed E-state index contributed by atoms with van der Waals surface area (Å²) in [7, 11) is 0. The van der Waals surface area contributed by atoms with Gasteiger partial charge < -0.3 is 4.74 Å². The lowest BCUT2D eigenvalue weighted by Crippen LogP contribution is -2.30. The van der Waals surface area contributed by atoms with Gasteiger partial charge in [0.1, 0.15) is 5.75 Å². The molecule has 0 saturated heterocycles. The number of fused-ring (bicyclic) bond motifs is 1. The Morgan fingerprint density at radius 1 is 0.970 bits per heavy atom. The van der Waals surface area contributed by atoms with Crippen molar-refractivity contribution in [1.82, 2.24) is 4.98 Å². The highest BCUT2D eigenvalue weighted by Crippen LogP contribution is 2.32. The smallest absolute Gasteiger partial charge is 0.260 e. The van der Waals surface area contributed by atoms with Gasteiger partial charge in [0, 0.05) is 5.56 Å². The molecule has 0 unspecified atom stereocenters. The predicted octanol–water partition coefficient (Wildman–Crippen LogP) is 7.33. The van der Waals surface area contributed by atoms with E-state index in [-0.39, 0.29) is 5.91 Å². The van der Waals surface area contributed by atoms with Crippen LogP contribution in [0.25, 0.3) is 10.2 Å². The predicted molar refractivity (Wildman–Crippen MR) is 138 cm³/mol. The zero-order valence-electron chi connectivity index (χ0n) is 19.5. The number of hydrogen-bond acceptors (Lipinski definition) is 4. The van der Waals surface area contributed by atoms with Gasteiger partial charge in [-0.25, -0.2) is 4.98 Å². The topological polar surface area (TPSA) is 42.4 Å². The van der Waals surface area contributed by atoms with E-state index < -0.39 is 0 Å². The SMILES string of the molecule is CCCCCOc1cccc(C(=O)N(Cc2ccccc2)c2nc3cc(C)c(C)cc3s2)c1. The van der Waals surface area contributed by atoms with E-state index in [0.29, 0.717) is 23.8 Å². The normalized spacial score (nSPS) is 11.0. The van der Waals surface area contributed by atoms with E-state index in [0.717, 1.165) is 40.8 Å². The number of carbonyl (C=O) groups is 1. The molecule has 170 valence electrons. The molecule has 3 aromatic carbocycles. The minimum atomic E-state index is -0.0784. The van der Waals surface area contributed by atoms with Crippen molar-refractivity contribution in [3.8, 4) is 5.75 Å². The number of amides is 1. The molecule has 33 heavy (non-hydrogen) atoms. The molecular weight excluding hydrogens is 428 g/mol. The average Bonchev–Trinajstić information content (AvgIpc) is 3.23. The molecule has 0 spiro atoms. The van der Waals surface area contributed by atoms with Crippen LogP contribution < -0.4 is 9.64 Å². The van der Waals surface area contributed by atoms with Crippen LogP contribution in [-0.2, 0) is 6.54 Å². The summed E-state index contributed by atoms with van der Waals surface area (Å²) in [5, 5.41) is 0.707.